The van der Waals surface area contributed by atoms with E-state index in [0.29, 0.717) is 5.92 Å². The van der Waals surface area contributed by atoms with E-state index in [4.69, 9.17) is 0 Å². The topological polar surface area (TPSA) is 91.5 Å². The van der Waals surface area contributed by atoms with E-state index < -0.39 is 0 Å². The van der Waals surface area contributed by atoms with Gasteiger partial charge >= 0.3 is 0 Å². The number of aromatic nitrogens is 4. The van der Waals surface area contributed by atoms with Crippen LogP contribution >= 0.6 is 0 Å². The Morgan fingerprint density at radius 1 is 1.28 bits per heavy atom. The van der Waals surface area contributed by atoms with Crippen LogP contribution in [-0.4, -0.2) is 49.8 Å². The Kier molecular flexibility index (Phi) is 4.43. The first kappa shape index (κ1) is 18.1. The maximum atomic E-state index is 9.89. The first-order valence-electron chi connectivity index (χ1n) is 10.1. The van der Waals surface area contributed by atoms with Gasteiger partial charge in [-0.3, -0.25) is 10.1 Å². The van der Waals surface area contributed by atoms with E-state index in [2.05, 4.69) is 42.6 Å². The Labute approximate surface area is 169 Å². The van der Waals surface area contributed by atoms with Crippen molar-refractivity contribution in [2.45, 2.75) is 25.9 Å². The van der Waals surface area contributed by atoms with Crippen molar-refractivity contribution in [3.63, 3.8) is 0 Å². The van der Waals surface area contributed by atoms with Gasteiger partial charge in [0.15, 0.2) is 0 Å². The zero-order chi connectivity index (χ0) is 20.0. The zero-order valence-electron chi connectivity index (χ0n) is 16.7. The molecule has 0 aromatic carbocycles. The van der Waals surface area contributed by atoms with Crippen LogP contribution in [0.2, 0.25) is 0 Å². The van der Waals surface area contributed by atoms with Gasteiger partial charge in [-0.05, 0) is 31.4 Å². The number of fused-ring (bicyclic) bond motifs is 1. The molecule has 0 bridgehead atoms. The number of aryl methyl sites for hydroxylation is 1. The Morgan fingerprint density at radius 2 is 2.17 bits per heavy atom. The molecule has 1 fully saturated rings. The summed E-state index contributed by atoms with van der Waals surface area (Å²) in [6.45, 7) is 3.59. The first-order chi connectivity index (χ1) is 14.1. The first-order valence-corrected chi connectivity index (χ1v) is 10.1. The lowest BCUT2D eigenvalue weighted by Gasteiger charge is -2.21. The summed E-state index contributed by atoms with van der Waals surface area (Å²) in [6.07, 6.45) is 11.3. The fourth-order valence-electron chi connectivity index (χ4n) is 4.35. The van der Waals surface area contributed by atoms with E-state index in [1.54, 1.807) is 6.33 Å². The van der Waals surface area contributed by atoms with Gasteiger partial charge in [-0.2, -0.15) is 10.2 Å². The normalized spacial score (nSPS) is 24.5. The third-order valence-corrected chi connectivity index (χ3v) is 6.12. The summed E-state index contributed by atoms with van der Waals surface area (Å²) in [4.78, 5) is 11.2. The molecular formula is C21H25N7O. The summed E-state index contributed by atoms with van der Waals surface area (Å²) < 4.78 is 1.82. The van der Waals surface area contributed by atoms with Crippen LogP contribution in [0.4, 0.5) is 5.82 Å². The molecule has 29 heavy (non-hydrogen) atoms. The minimum absolute atomic E-state index is 0.154. The molecule has 3 aliphatic rings. The molecule has 1 saturated heterocycles. The number of hydrazone groups is 1. The van der Waals surface area contributed by atoms with Crippen molar-refractivity contribution >= 4 is 17.1 Å². The quantitative estimate of drug-likeness (QED) is 0.825. The maximum Gasteiger partial charge on any atom is 0.132 e. The van der Waals surface area contributed by atoms with Crippen LogP contribution in [-0.2, 0) is 7.05 Å². The molecule has 0 radical (unpaired) electrons. The van der Waals surface area contributed by atoms with Gasteiger partial charge in [0.05, 0.1) is 29.6 Å². The van der Waals surface area contributed by atoms with Gasteiger partial charge in [-0.25, -0.2) is 9.97 Å². The van der Waals surface area contributed by atoms with E-state index in [-0.39, 0.29) is 12.0 Å². The monoisotopic (exact) mass is 391 g/mol. The smallest absolute Gasteiger partial charge is 0.132 e. The predicted molar refractivity (Wildman–Crippen MR) is 111 cm³/mol. The second-order valence-corrected chi connectivity index (χ2v) is 8.08. The number of nitrogens with zero attached hydrogens (tertiary/aromatic N) is 6. The van der Waals surface area contributed by atoms with Gasteiger partial charge in [0.25, 0.3) is 0 Å². The molecule has 8 nitrogen and oxygen atoms in total. The summed E-state index contributed by atoms with van der Waals surface area (Å²) in [6, 6.07) is 2.02. The second-order valence-electron chi connectivity index (χ2n) is 8.08. The lowest BCUT2D eigenvalue weighted by molar-refractivity contribution is 0.136. The molecule has 2 N–H and O–H groups in total. The molecule has 2 aromatic rings. The molecule has 0 amide bonds. The van der Waals surface area contributed by atoms with Gasteiger partial charge in [0.2, 0.25) is 0 Å². The summed E-state index contributed by atoms with van der Waals surface area (Å²) >= 11 is 0. The predicted octanol–water partition coefficient (Wildman–Crippen LogP) is 1.71. The zero-order valence-corrected chi connectivity index (χ0v) is 16.7. The van der Waals surface area contributed by atoms with Crippen LogP contribution in [0.1, 0.15) is 31.0 Å². The molecule has 8 heteroatoms. The van der Waals surface area contributed by atoms with Crippen molar-refractivity contribution in [2.24, 2.45) is 24.0 Å². The summed E-state index contributed by atoms with van der Waals surface area (Å²) in [5, 5.41) is 18.8. The fraction of sp³-hybridized carbons (Fsp3) is 0.429. The molecule has 2 aliphatic heterocycles. The van der Waals surface area contributed by atoms with Crippen LogP contribution in [0.25, 0.3) is 5.57 Å². The Hall–Kier alpha value is -3.00. The van der Waals surface area contributed by atoms with Crippen molar-refractivity contribution in [3.05, 3.63) is 53.9 Å². The molecule has 0 saturated carbocycles. The van der Waals surface area contributed by atoms with Gasteiger partial charge in [-0.1, -0.05) is 6.08 Å². The Balaban J connectivity index is 1.37. The number of hydrogen-bond donors (Lipinski definition) is 2. The molecule has 2 aromatic heterocycles. The van der Waals surface area contributed by atoms with Gasteiger partial charge in [0.1, 0.15) is 12.1 Å². The number of nitrogens with one attached hydrogen (secondary N) is 1. The summed E-state index contributed by atoms with van der Waals surface area (Å²) in [7, 11) is 1.93. The maximum absolute atomic E-state index is 9.89. The second kappa shape index (κ2) is 7.11. The van der Waals surface area contributed by atoms with Crippen LogP contribution in [0.5, 0.6) is 0 Å². The van der Waals surface area contributed by atoms with Gasteiger partial charge in [0, 0.05) is 49.6 Å². The highest BCUT2D eigenvalue weighted by Gasteiger charge is 2.33. The number of anilines is 1. The van der Waals surface area contributed by atoms with E-state index in [0.717, 1.165) is 54.4 Å². The third kappa shape index (κ3) is 3.33. The number of allylic oxidation sites excluding steroid dienone is 4. The standard InChI is InChI=1S/C21H25N7O/c1-13(29)15-5-6-28(11-15)20-8-19(22-12-23-20)21-17-7-14(3-4-18(17)25-26-21)16-9-24-27(2)10-16/h3-4,8-10,12-13,15,17,25,29H,5-7,11H2,1-2H3/t13?,15?,17-/m0/s1. The van der Waals surface area contributed by atoms with Crippen molar-refractivity contribution in [1.29, 1.82) is 0 Å². The molecular weight excluding hydrogens is 366 g/mol. The van der Waals surface area contributed by atoms with Crippen molar-refractivity contribution in [1.82, 2.24) is 25.2 Å². The van der Waals surface area contributed by atoms with Crippen molar-refractivity contribution < 1.29 is 5.11 Å². The van der Waals surface area contributed by atoms with E-state index >= 15 is 0 Å². The minimum Gasteiger partial charge on any atom is -0.393 e. The molecule has 3 atom stereocenters. The van der Waals surface area contributed by atoms with Gasteiger partial charge < -0.3 is 10.0 Å². The number of aliphatic hydroxyl groups excluding tert-OH is 1. The molecule has 150 valence electrons. The van der Waals surface area contributed by atoms with Gasteiger partial charge in [-0.15, -0.1) is 0 Å². The lowest BCUT2D eigenvalue weighted by Crippen LogP contribution is -2.25. The fourth-order valence-corrected chi connectivity index (χ4v) is 4.35. The van der Waals surface area contributed by atoms with Crippen LogP contribution in [0.15, 0.2) is 47.7 Å². The summed E-state index contributed by atoms with van der Waals surface area (Å²) in [5.74, 6) is 1.35. The highest BCUT2D eigenvalue weighted by Crippen LogP contribution is 2.35. The lowest BCUT2D eigenvalue weighted by atomic mass is 9.85. The summed E-state index contributed by atoms with van der Waals surface area (Å²) in [5.41, 5.74) is 8.45. The number of hydrogen-bond acceptors (Lipinski definition) is 7. The molecule has 1 aliphatic carbocycles. The van der Waals surface area contributed by atoms with Crippen molar-refractivity contribution in [3.8, 4) is 0 Å². The molecule has 2 unspecified atom stereocenters. The van der Waals surface area contributed by atoms with Crippen molar-refractivity contribution in [2.75, 3.05) is 18.0 Å². The largest absolute Gasteiger partial charge is 0.393 e. The molecule has 5 rings (SSSR count). The van der Waals surface area contributed by atoms with Crippen LogP contribution < -0.4 is 10.3 Å². The van der Waals surface area contributed by atoms with E-state index in [9.17, 15) is 5.11 Å². The van der Waals surface area contributed by atoms with E-state index in [1.165, 1.54) is 5.57 Å². The SMILES string of the molecule is CC(O)C1CCN(c2cc(C3=NNC4=CC=C(c5cnn(C)c5)C[C@@H]43)ncn2)C1. The molecule has 4 heterocycles. The Bertz CT molecular complexity index is 1020. The van der Waals surface area contributed by atoms with Crippen LogP contribution in [0.3, 0.4) is 0 Å². The number of aliphatic hydroxyl groups is 1. The minimum atomic E-state index is -0.294. The average molecular weight is 391 g/mol. The van der Waals surface area contributed by atoms with E-state index in [1.807, 2.05) is 37.1 Å². The third-order valence-electron chi connectivity index (χ3n) is 6.12. The highest BCUT2D eigenvalue weighted by molar-refractivity contribution is 6.05. The molecule has 0 spiro atoms. The highest BCUT2D eigenvalue weighted by atomic mass is 16.3. The Morgan fingerprint density at radius 3 is 2.93 bits per heavy atom. The van der Waals surface area contributed by atoms with Crippen LogP contribution in [0, 0.1) is 11.8 Å². The average Bonchev–Trinajstić information content (AvgIpc) is 3.47. The number of rotatable bonds is 4.